The molecule has 0 aromatic heterocycles. The summed E-state index contributed by atoms with van der Waals surface area (Å²) in [4.78, 5) is 35.9. The third kappa shape index (κ3) is 4.14. The molecular formula is C14H19F3N2O4. The number of carbonyl (C=O) groups is 3. The van der Waals surface area contributed by atoms with Crippen LogP contribution in [-0.4, -0.2) is 52.6 Å². The summed E-state index contributed by atoms with van der Waals surface area (Å²) in [5.41, 5.74) is -1.37. The van der Waals surface area contributed by atoms with Crippen molar-refractivity contribution in [2.45, 2.75) is 50.2 Å². The highest BCUT2D eigenvalue weighted by molar-refractivity contribution is 5.92. The molecule has 0 unspecified atom stereocenters. The Kier molecular flexibility index (Phi) is 4.86. The minimum atomic E-state index is -4.52. The van der Waals surface area contributed by atoms with Crippen LogP contribution in [0.15, 0.2) is 0 Å². The molecule has 0 bridgehead atoms. The number of hydrogen-bond acceptors (Lipinski definition) is 3. The van der Waals surface area contributed by atoms with Crippen LogP contribution in [0.5, 0.6) is 0 Å². The van der Waals surface area contributed by atoms with Crippen molar-refractivity contribution in [1.82, 2.24) is 10.2 Å². The second kappa shape index (κ2) is 6.37. The lowest BCUT2D eigenvalue weighted by Gasteiger charge is -2.34. The predicted molar refractivity (Wildman–Crippen MR) is 72.3 cm³/mol. The van der Waals surface area contributed by atoms with Gasteiger partial charge in [-0.25, -0.2) is 4.79 Å². The van der Waals surface area contributed by atoms with Gasteiger partial charge in [-0.15, -0.1) is 0 Å². The molecule has 130 valence electrons. The van der Waals surface area contributed by atoms with E-state index in [1.54, 1.807) is 0 Å². The molecule has 0 aromatic carbocycles. The maximum absolute atomic E-state index is 12.4. The summed E-state index contributed by atoms with van der Waals surface area (Å²) in [5.74, 6) is -3.48. The van der Waals surface area contributed by atoms with E-state index in [9.17, 15) is 32.7 Å². The molecule has 1 aliphatic carbocycles. The van der Waals surface area contributed by atoms with Gasteiger partial charge in [-0.1, -0.05) is 19.3 Å². The Morgan fingerprint density at radius 1 is 1.26 bits per heavy atom. The number of alkyl halides is 3. The van der Waals surface area contributed by atoms with Gasteiger partial charge >= 0.3 is 12.1 Å². The van der Waals surface area contributed by atoms with Crippen LogP contribution in [0.4, 0.5) is 13.2 Å². The summed E-state index contributed by atoms with van der Waals surface area (Å²) in [5, 5.41) is 11.9. The lowest BCUT2D eigenvalue weighted by atomic mass is 9.81. The Balaban J connectivity index is 2.01. The number of carboxylic acid groups (broad SMARTS) is 1. The molecule has 2 amide bonds. The number of halogens is 3. The molecule has 2 N–H and O–H groups in total. The van der Waals surface area contributed by atoms with Crippen LogP contribution < -0.4 is 5.32 Å². The minimum Gasteiger partial charge on any atom is -0.480 e. The molecule has 1 atom stereocenters. The van der Waals surface area contributed by atoms with Gasteiger partial charge in [0.25, 0.3) is 0 Å². The maximum Gasteiger partial charge on any atom is 0.406 e. The Labute approximate surface area is 131 Å². The van der Waals surface area contributed by atoms with E-state index in [1.807, 2.05) is 0 Å². The molecule has 2 aliphatic rings. The van der Waals surface area contributed by atoms with Crippen LogP contribution in [-0.2, 0) is 14.4 Å². The van der Waals surface area contributed by atoms with Crippen LogP contribution in [0.2, 0.25) is 0 Å². The van der Waals surface area contributed by atoms with Crippen molar-refractivity contribution in [3.8, 4) is 0 Å². The first-order valence-corrected chi connectivity index (χ1v) is 7.53. The molecule has 1 saturated carbocycles. The van der Waals surface area contributed by atoms with E-state index in [0.29, 0.717) is 30.6 Å². The SMILES string of the molecule is O=C(NC1(C(=O)O)CCCCC1)[C@@H]1CC(=O)N(CC(F)(F)F)C1. The Morgan fingerprint density at radius 3 is 2.39 bits per heavy atom. The number of likely N-dealkylation sites (tertiary alicyclic amines) is 1. The number of nitrogens with one attached hydrogen (secondary N) is 1. The smallest absolute Gasteiger partial charge is 0.406 e. The average molecular weight is 336 g/mol. The topological polar surface area (TPSA) is 86.7 Å². The normalized spacial score (nSPS) is 24.6. The van der Waals surface area contributed by atoms with Gasteiger partial charge in [0.15, 0.2) is 0 Å². The second-order valence-corrected chi connectivity index (χ2v) is 6.23. The molecule has 0 spiro atoms. The quantitative estimate of drug-likeness (QED) is 0.810. The van der Waals surface area contributed by atoms with Crippen molar-refractivity contribution in [1.29, 1.82) is 0 Å². The zero-order valence-corrected chi connectivity index (χ0v) is 12.5. The van der Waals surface area contributed by atoms with Gasteiger partial charge in [0, 0.05) is 13.0 Å². The molecule has 2 fully saturated rings. The van der Waals surface area contributed by atoms with E-state index >= 15 is 0 Å². The number of carbonyl (C=O) groups excluding carboxylic acids is 2. The first-order valence-electron chi connectivity index (χ1n) is 7.53. The second-order valence-electron chi connectivity index (χ2n) is 6.23. The Bertz CT molecular complexity index is 501. The minimum absolute atomic E-state index is 0.293. The zero-order valence-electron chi connectivity index (χ0n) is 12.5. The fraction of sp³-hybridized carbons (Fsp3) is 0.786. The van der Waals surface area contributed by atoms with E-state index in [-0.39, 0.29) is 13.0 Å². The number of nitrogens with zero attached hydrogens (tertiary/aromatic N) is 1. The summed E-state index contributed by atoms with van der Waals surface area (Å²) in [6.45, 7) is -1.72. The van der Waals surface area contributed by atoms with Crippen LogP contribution in [0.3, 0.4) is 0 Å². The fourth-order valence-electron chi connectivity index (χ4n) is 3.20. The van der Waals surface area contributed by atoms with Crippen LogP contribution in [0.25, 0.3) is 0 Å². The third-order valence-corrected chi connectivity index (χ3v) is 4.43. The van der Waals surface area contributed by atoms with E-state index in [0.717, 1.165) is 6.42 Å². The van der Waals surface area contributed by atoms with Crippen molar-refractivity contribution in [3.05, 3.63) is 0 Å². The summed E-state index contributed by atoms with van der Waals surface area (Å²) in [6.07, 6.45) is -2.05. The largest absolute Gasteiger partial charge is 0.480 e. The summed E-state index contributed by atoms with van der Waals surface area (Å²) in [6, 6.07) is 0. The molecule has 6 nitrogen and oxygen atoms in total. The maximum atomic E-state index is 12.4. The number of hydrogen-bond donors (Lipinski definition) is 2. The van der Waals surface area contributed by atoms with Gasteiger partial charge < -0.3 is 15.3 Å². The zero-order chi connectivity index (χ0) is 17.3. The van der Waals surface area contributed by atoms with Crippen molar-refractivity contribution in [3.63, 3.8) is 0 Å². The predicted octanol–water partition coefficient (Wildman–Crippen LogP) is 1.30. The van der Waals surface area contributed by atoms with Gasteiger partial charge in [0.05, 0.1) is 5.92 Å². The molecular weight excluding hydrogens is 317 g/mol. The molecule has 2 rings (SSSR count). The summed E-state index contributed by atoms with van der Waals surface area (Å²) >= 11 is 0. The highest BCUT2D eigenvalue weighted by Crippen LogP contribution is 2.30. The Morgan fingerprint density at radius 2 is 1.87 bits per heavy atom. The fourth-order valence-corrected chi connectivity index (χ4v) is 3.20. The van der Waals surface area contributed by atoms with Gasteiger partial charge in [0.2, 0.25) is 11.8 Å². The molecule has 1 heterocycles. The van der Waals surface area contributed by atoms with E-state index in [2.05, 4.69) is 5.32 Å². The van der Waals surface area contributed by atoms with Crippen LogP contribution in [0, 0.1) is 5.92 Å². The summed E-state index contributed by atoms with van der Waals surface area (Å²) < 4.78 is 37.1. The molecule has 9 heteroatoms. The third-order valence-electron chi connectivity index (χ3n) is 4.43. The molecule has 0 radical (unpaired) electrons. The molecule has 23 heavy (non-hydrogen) atoms. The summed E-state index contributed by atoms with van der Waals surface area (Å²) in [7, 11) is 0. The van der Waals surface area contributed by atoms with Crippen molar-refractivity contribution >= 4 is 17.8 Å². The first kappa shape index (κ1) is 17.6. The Hall–Kier alpha value is -1.80. The van der Waals surface area contributed by atoms with Gasteiger partial charge in [-0.2, -0.15) is 13.2 Å². The van der Waals surface area contributed by atoms with E-state index in [4.69, 9.17) is 0 Å². The van der Waals surface area contributed by atoms with Crippen molar-refractivity contribution in [2.24, 2.45) is 5.92 Å². The lowest BCUT2D eigenvalue weighted by molar-refractivity contribution is -0.157. The number of aliphatic carboxylic acids is 1. The highest BCUT2D eigenvalue weighted by atomic mass is 19.4. The molecule has 0 aromatic rings. The van der Waals surface area contributed by atoms with Gasteiger partial charge in [-0.3, -0.25) is 9.59 Å². The van der Waals surface area contributed by atoms with Crippen molar-refractivity contribution in [2.75, 3.05) is 13.1 Å². The molecule has 1 aliphatic heterocycles. The highest BCUT2D eigenvalue weighted by Gasteiger charge is 2.45. The molecule has 1 saturated heterocycles. The van der Waals surface area contributed by atoms with Crippen LogP contribution >= 0.6 is 0 Å². The van der Waals surface area contributed by atoms with Crippen LogP contribution in [0.1, 0.15) is 38.5 Å². The lowest BCUT2D eigenvalue weighted by Crippen LogP contribution is -2.57. The number of rotatable bonds is 4. The first-order chi connectivity index (χ1) is 10.6. The van der Waals surface area contributed by atoms with E-state index in [1.165, 1.54) is 0 Å². The van der Waals surface area contributed by atoms with Gasteiger partial charge in [0.1, 0.15) is 12.1 Å². The van der Waals surface area contributed by atoms with Gasteiger partial charge in [-0.05, 0) is 12.8 Å². The standard InChI is InChI=1S/C14H19F3N2O4/c15-14(16,17)8-19-7-9(6-10(19)20)11(21)18-13(12(22)23)4-2-1-3-5-13/h9H,1-8H2,(H,18,21)(H,22,23)/t9-/m1/s1. The van der Waals surface area contributed by atoms with E-state index < -0.39 is 42.0 Å². The average Bonchev–Trinajstić information content (AvgIpc) is 2.79. The number of carboxylic acids is 1. The van der Waals surface area contributed by atoms with Crippen molar-refractivity contribution < 1.29 is 32.7 Å². The number of amides is 2. The monoisotopic (exact) mass is 336 g/mol.